The number of nitrogens with one attached hydrogen (secondary N) is 1. The lowest BCUT2D eigenvalue weighted by molar-refractivity contribution is -0.116. The van der Waals surface area contributed by atoms with Crippen LogP contribution >= 0.6 is 0 Å². The number of hydrogen-bond donors (Lipinski definition) is 1. The van der Waals surface area contributed by atoms with Gasteiger partial charge in [-0.1, -0.05) is 30.3 Å². The highest BCUT2D eigenvalue weighted by molar-refractivity contribution is 5.90. The van der Waals surface area contributed by atoms with Crippen molar-refractivity contribution < 1.29 is 14.3 Å². The van der Waals surface area contributed by atoms with Gasteiger partial charge >= 0.3 is 0 Å². The van der Waals surface area contributed by atoms with Crippen LogP contribution in [0.25, 0.3) is 0 Å². The fourth-order valence-electron chi connectivity index (χ4n) is 1.91. The minimum absolute atomic E-state index is 0.0690. The summed E-state index contributed by atoms with van der Waals surface area (Å²) in [7, 11) is 1.65. The Morgan fingerprint density at radius 1 is 1.10 bits per heavy atom. The molecule has 0 unspecified atom stereocenters. The fraction of sp³-hybridized carbons (Fsp3) is 0.235. The van der Waals surface area contributed by atoms with Crippen LogP contribution in [0.3, 0.4) is 0 Å². The van der Waals surface area contributed by atoms with Crippen molar-refractivity contribution in [2.45, 2.75) is 13.0 Å². The van der Waals surface area contributed by atoms with Gasteiger partial charge in [0, 0.05) is 12.8 Å². The summed E-state index contributed by atoms with van der Waals surface area (Å²) in [5.74, 6) is 0.702. The zero-order valence-corrected chi connectivity index (χ0v) is 12.0. The average Bonchev–Trinajstić information content (AvgIpc) is 2.49. The van der Waals surface area contributed by atoms with Crippen molar-refractivity contribution in [3.63, 3.8) is 0 Å². The molecule has 0 bridgehead atoms. The first-order valence-corrected chi connectivity index (χ1v) is 6.83. The average molecular weight is 285 g/mol. The first-order chi connectivity index (χ1) is 10.3. The normalized spacial score (nSPS) is 10.1. The van der Waals surface area contributed by atoms with Crippen molar-refractivity contribution in [2.75, 3.05) is 19.0 Å². The molecule has 4 nitrogen and oxygen atoms in total. The molecule has 1 amide bonds. The Morgan fingerprint density at radius 2 is 1.90 bits per heavy atom. The second-order valence-electron chi connectivity index (χ2n) is 4.59. The topological polar surface area (TPSA) is 47.6 Å². The standard InChI is InChI=1S/C17H19NO3/c1-20-13-14-6-5-7-15(12-14)18-17(19)10-11-21-16-8-3-2-4-9-16/h2-9,12H,10-11,13H2,1H3,(H,18,19). The lowest BCUT2D eigenvalue weighted by Gasteiger charge is -2.08. The molecule has 0 aliphatic heterocycles. The maximum atomic E-state index is 11.8. The van der Waals surface area contributed by atoms with Crippen LogP contribution in [-0.2, 0) is 16.1 Å². The third-order valence-corrected chi connectivity index (χ3v) is 2.86. The number of methoxy groups -OCH3 is 1. The first-order valence-electron chi connectivity index (χ1n) is 6.83. The number of benzene rings is 2. The van der Waals surface area contributed by atoms with E-state index in [2.05, 4.69) is 5.32 Å². The van der Waals surface area contributed by atoms with Crippen LogP contribution in [0.15, 0.2) is 54.6 Å². The van der Waals surface area contributed by atoms with Gasteiger partial charge in [0.1, 0.15) is 5.75 Å². The highest BCUT2D eigenvalue weighted by atomic mass is 16.5. The summed E-state index contributed by atoms with van der Waals surface area (Å²) in [6.07, 6.45) is 0.309. The Bertz CT molecular complexity index is 569. The second-order valence-corrected chi connectivity index (χ2v) is 4.59. The molecular formula is C17H19NO3. The zero-order chi connectivity index (χ0) is 14.9. The summed E-state index contributed by atoms with van der Waals surface area (Å²) in [6, 6.07) is 17.1. The molecule has 110 valence electrons. The van der Waals surface area contributed by atoms with Crippen molar-refractivity contribution in [3.05, 3.63) is 60.2 Å². The SMILES string of the molecule is COCc1cccc(NC(=O)CCOc2ccccc2)c1. The fourth-order valence-corrected chi connectivity index (χ4v) is 1.91. The molecule has 0 saturated carbocycles. The third kappa shape index (κ3) is 5.28. The Kier molecular flexibility index (Phi) is 5.79. The number of anilines is 1. The second kappa shape index (κ2) is 8.07. The van der Waals surface area contributed by atoms with Crippen molar-refractivity contribution in [1.29, 1.82) is 0 Å². The molecule has 2 aromatic rings. The van der Waals surface area contributed by atoms with E-state index in [4.69, 9.17) is 9.47 Å². The predicted molar refractivity (Wildman–Crippen MR) is 82.3 cm³/mol. The molecular weight excluding hydrogens is 266 g/mol. The van der Waals surface area contributed by atoms with Crippen LogP contribution in [0.4, 0.5) is 5.69 Å². The lowest BCUT2D eigenvalue weighted by atomic mass is 10.2. The quantitative estimate of drug-likeness (QED) is 0.849. The molecule has 0 saturated heterocycles. The van der Waals surface area contributed by atoms with Crippen molar-refractivity contribution in [1.82, 2.24) is 0 Å². The molecule has 2 rings (SSSR count). The molecule has 2 aromatic carbocycles. The molecule has 0 aliphatic carbocycles. The van der Waals surface area contributed by atoms with Crippen LogP contribution in [0.2, 0.25) is 0 Å². The highest BCUT2D eigenvalue weighted by Crippen LogP contribution is 2.12. The summed E-state index contributed by atoms with van der Waals surface area (Å²) in [6.45, 7) is 0.883. The van der Waals surface area contributed by atoms with Crippen molar-refractivity contribution in [3.8, 4) is 5.75 Å². The highest BCUT2D eigenvalue weighted by Gasteiger charge is 2.03. The third-order valence-electron chi connectivity index (χ3n) is 2.86. The molecule has 0 atom stereocenters. The molecule has 21 heavy (non-hydrogen) atoms. The van der Waals surface area contributed by atoms with Gasteiger partial charge in [0.15, 0.2) is 0 Å². The smallest absolute Gasteiger partial charge is 0.227 e. The summed E-state index contributed by atoms with van der Waals surface area (Å²) in [5, 5.41) is 2.85. The lowest BCUT2D eigenvalue weighted by Crippen LogP contribution is -2.15. The minimum Gasteiger partial charge on any atom is -0.493 e. The minimum atomic E-state index is -0.0690. The molecule has 0 aromatic heterocycles. The molecule has 0 radical (unpaired) electrons. The Labute approximate surface area is 124 Å². The van der Waals surface area contributed by atoms with Crippen molar-refractivity contribution >= 4 is 11.6 Å². The number of carbonyl (C=O) groups is 1. The van der Waals surface area contributed by atoms with Gasteiger partial charge in [-0.15, -0.1) is 0 Å². The van der Waals surface area contributed by atoms with Gasteiger partial charge < -0.3 is 14.8 Å². The van der Waals surface area contributed by atoms with E-state index >= 15 is 0 Å². The van der Waals surface area contributed by atoms with E-state index in [0.29, 0.717) is 19.6 Å². The molecule has 4 heteroatoms. The Hall–Kier alpha value is -2.33. The van der Waals surface area contributed by atoms with Gasteiger partial charge in [-0.2, -0.15) is 0 Å². The summed E-state index contributed by atoms with van der Waals surface area (Å²) >= 11 is 0. The van der Waals surface area contributed by atoms with Gasteiger partial charge in [-0.05, 0) is 29.8 Å². The van der Waals surface area contributed by atoms with E-state index < -0.39 is 0 Å². The van der Waals surface area contributed by atoms with Gasteiger partial charge in [-0.3, -0.25) is 4.79 Å². The zero-order valence-electron chi connectivity index (χ0n) is 12.0. The summed E-state index contributed by atoms with van der Waals surface area (Å²) in [5.41, 5.74) is 1.80. The molecule has 0 spiro atoms. The van der Waals surface area contributed by atoms with Crippen LogP contribution in [0.1, 0.15) is 12.0 Å². The van der Waals surface area contributed by atoms with Crippen LogP contribution in [0, 0.1) is 0 Å². The molecule has 0 aliphatic rings. The van der Waals surface area contributed by atoms with Crippen LogP contribution < -0.4 is 10.1 Å². The number of hydrogen-bond acceptors (Lipinski definition) is 3. The van der Waals surface area contributed by atoms with Crippen LogP contribution in [0.5, 0.6) is 5.75 Å². The van der Waals surface area contributed by atoms with Gasteiger partial charge in [0.05, 0.1) is 19.6 Å². The van der Waals surface area contributed by atoms with Gasteiger partial charge in [-0.25, -0.2) is 0 Å². The first kappa shape index (κ1) is 15.1. The molecule has 0 heterocycles. The van der Waals surface area contributed by atoms with Gasteiger partial charge in [0.25, 0.3) is 0 Å². The van der Waals surface area contributed by atoms with Gasteiger partial charge in [0.2, 0.25) is 5.91 Å². The van der Waals surface area contributed by atoms with Crippen LogP contribution in [-0.4, -0.2) is 19.6 Å². The molecule has 1 N–H and O–H groups in total. The van der Waals surface area contributed by atoms with E-state index in [1.165, 1.54) is 0 Å². The van der Waals surface area contributed by atoms with E-state index in [1.54, 1.807) is 7.11 Å². The Balaban J connectivity index is 1.78. The number of para-hydroxylation sites is 1. The predicted octanol–water partition coefficient (Wildman–Crippen LogP) is 3.24. The maximum absolute atomic E-state index is 11.8. The number of rotatable bonds is 7. The monoisotopic (exact) mass is 285 g/mol. The Morgan fingerprint density at radius 3 is 2.67 bits per heavy atom. The van der Waals surface area contributed by atoms with E-state index in [0.717, 1.165) is 17.0 Å². The summed E-state index contributed by atoms with van der Waals surface area (Å²) in [4.78, 5) is 11.8. The van der Waals surface area contributed by atoms with E-state index in [-0.39, 0.29) is 5.91 Å². The summed E-state index contributed by atoms with van der Waals surface area (Å²) < 4.78 is 10.6. The number of carbonyl (C=O) groups excluding carboxylic acids is 1. The largest absolute Gasteiger partial charge is 0.493 e. The number of ether oxygens (including phenoxy) is 2. The van der Waals surface area contributed by atoms with Crippen molar-refractivity contribution in [2.24, 2.45) is 0 Å². The van der Waals surface area contributed by atoms with E-state index in [1.807, 2.05) is 54.6 Å². The van der Waals surface area contributed by atoms with E-state index in [9.17, 15) is 4.79 Å². The maximum Gasteiger partial charge on any atom is 0.227 e. The molecule has 0 fully saturated rings. The number of amides is 1.